The van der Waals surface area contributed by atoms with E-state index in [0.29, 0.717) is 17.9 Å². The molecule has 1 unspecified atom stereocenters. The molecule has 0 radical (unpaired) electrons. The Kier molecular flexibility index (Phi) is 5.20. The van der Waals surface area contributed by atoms with Gasteiger partial charge in [-0.25, -0.2) is 0 Å². The van der Waals surface area contributed by atoms with Crippen LogP contribution >= 0.6 is 0 Å². The van der Waals surface area contributed by atoms with E-state index in [2.05, 4.69) is 6.58 Å². The van der Waals surface area contributed by atoms with Crippen molar-refractivity contribution in [1.82, 2.24) is 0 Å². The SMILES string of the molecule is C=C(OCc1ccccc1)C(C(=O)O)c1ccc(OC)cc1. The average Bonchev–Trinajstić information content (AvgIpc) is 2.54. The van der Waals surface area contributed by atoms with Gasteiger partial charge in [-0.2, -0.15) is 0 Å². The molecule has 0 aliphatic rings. The number of rotatable bonds is 7. The molecule has 1 atom stereocenters. The van der Waals surface area contributed by atoms with Crippen molar-refractivity contribution in [2.45, 2.75) is 12.5 Å². The maximum Gasteiger partial charge on any atom is 0.318 e. The molecule has 0 saturated heterocycles. The molecule has 4 nitrogen and oxygen atoms in total. The van der Waals surface area contributed by atoms with Gasteiger partial charge in [-0.3, -0.25) is 4.79 Å². The molecular formula is C18H18O4. The van der Waals surface area contributed by atoms with Gasteiger partial charge >= 0.3 is 5.97 Å². The first-order valence-electron chi connectivity index (χ1n) is 6.84. The molecule has 0 fully saturated rings. The topological polar surface area (TPSA) is 55.8 Å². The molecule has 0 heterocycles. The van der Waals surface area contributed by atoms with Crippen molar-refractivity contribution in [3.05, 3.63) is 78.1 Å². The van der Waals surface area contributed by atoms with Crippen LogP contribution in [0.15, 0.2) is 66.9 Å². The minimum atomic E-state index is -0.997. The Balaban J connectivity index is 2.09. The molecule has 0 amide bonds. The standard InChI is InChI=1S/C18H18O4/c1-13(22-12-14-6-4-3-5-7-14)17(18(19)20)15-8-10-16(21-2)11-9-15/h3-11,17H,1,12H2,2H3,(H,19,20). The number of hydrogen-bond donors (Lipinski definition) is 1. The van der Waals surface area contributed by atoms with Gasteiger partial charge in [-0.05, 0) is 23.3 Å². The van der Waals surface area contributed by atoms with E-state index in [4.69, 9.17) is 9.47 Å². The predicted octanol–water partition coefficient (Wildman–Crippen LogP) is 3.59. The Morgan fingerprint density at radius 2 is 1.77 bits per heavy atom. The summed E-state index contributed by atoms with van der Waals surface area (Å²) in [6.07, 6.45) is 0. The van der Waals surface area contributed by atoms with Gasteiger partial charge in [0.2, 0.25) is 0 Å². The van der Waals surface area contributed by atoms with E-state index >= 15 is 0 Å². The fourth-order valence-corrected chi connectivity index (χ4v) is 2.10. The molecule has 0 saturated carbocycles. The molecule has 1 N–H and O–H groups in total. The largest absolute Gasteiger partial charge is 0.497 e. The van der Waals surface area contributed by atoms with Crippen molar-refractivity contribution >= 4 is 5.97 Å². The summed E-state index contributed by atoms with van der Waals surface area (Å²) in [5, 5.41) is 9.45. The third-order valence-corrected chi connectivity index (χ3v) is 3.29. The molecule has 0 aliphatic heterocycles. The molecule has 22 heavy (non-hydrogen) atoms. The number of carboxylic acid groups (broad SMARTS) is 1. The Morgan fingerprint density at radius 1 is 1.14 bits per heavy atom. The zero-order chi connectivity index (χ0) is 15.9. The smallest absolute Gasteiger partial charge is 0.318 e. The highest BCUT2D eigenvalue weighted by molar-refractivity contribution is 5.79. The van der Waals surface area contributed by atoms with Crippen LogP contribution in [0, 0.1) is 0 Å². The minimum Gasteiger partial charge on any atom is -0.497 e. The highest BCUT2D eigenvalue weighted by Gasteiger charge is 2.24. The first-order valence-corrected chi connectivity index (χ1v) is 6.84. The summed E-state index contributed by atoms with van der Waals surface area (Å²) in [7, 11) is 1.56. The highest BCUT2D eigenvalue weighted by Crippen LogP contribution is 2.27. The summed E-state index contributed by atoms with van der Waals surface area (Å²) in [5.41, 5.74) is 1.56. The quantitative estimate of drug-likeness (QED) is 0.794. The van der Waals surface area contributed by atoms with Gasteiger partial charge in [0.05, 0.1) is 7.11 Å². The van der Waals surface area contributed by atoms with Crippen molar-refractivity contribution in [3.63, 3.8) is 0 Å². The normalized spacial score (nSPS) is 11.5. The van der Waals surface area contributed by atoms with Crippen LogP contribution in [0.5, 0.6) is 5.75 Å². The van der Waals surface area contributed by atoms with Crippen LogP contribution in [0.4, 0.5) is 0 Å². The average molecular weight is 298 g/mol. The van der Waals surface area contributed by atoms with Gasteiger partial charge in [0.1, 0.15) is 24.0 Å². The molecule has 0 bridgehead atoms. The molecule has 0 spiro atoms. The van der Waals surface area contributed by atoms with Gasteiger partial charge in [0.25, 0.3) is 0 Å². The summed E-state index contributed by atoms with van der Waals surface area (Å²) in [5.74, 6) is -1.02. The van der Waals surface area contributed by atoms with E-state index in [1.54, 1.807) is 31.4 Å². The van der Waals surface area contributed by atoms with E-state index in [0.717, 1.165) is 5.56 Å². The van der Waals surface area contributed by atoms with Crippen LogP contribution in [0.3, 0.4) is 0 Å². The molecular weight excluding hydrogens is 280 g/mol. The maximum atomic E-state index is 11.5. The third-order valence-electron chi connectivity index (χ3n) is 3.29. The lowest BCUT2D eigenvalue weighted by Crippen LogP contribution is -2.15. The van der Waals surface area contributed by atoms with E-state index in [1.165, 1.54) is 0 Å². The van der Waals surface area contributed by atoms with Crippen molar-refractivity contribution < 1.29 is 19.4 Å². The fraction of sp³-hybridized carbons (Fsp3) is 0.167. The summed E-state index contributed by atoms with van der Waals surface area (Å²) in [6.45, 7) is 4.07. The molecule has 2 rings (SSSR count). The number of hydrogen-bond acceptors (Lipinski definition) is 3. The second-order valence-electron chi connectivity index (χ2n) is 4.78. The van der Waals surface area contributed by atoms with Crippen molar-refractivity contribution in [3.8, 4) is 5.75 Å². The van der Waals surface area contributed by atoms with E-state index < -0.39 is 11.9 Å². The number of aliphatic carboxylic acids is 1. The summed E-state index contributed by atoms with van der Waals surface area (Å²) in [4.78, 5) is 11.5. The predicted molar refractivity (Wildman–Crippen MR) is 83.7 cm³/mol. The number of benzene rings is 2. The zero-order valence-electron chi connectivity index (χ0n) is 12.4. The Bertz CT molecular complexity index is 632. The third kappa shape index (κ3) is 3.88. The lowest BCUT2D eigenvalue weighted by atomic mass is 9.97. The van der Waals surface area contributed by atoms with Crippen LogP contribution in [-0.4, -0.2) is 18.2 Å². The molecule has 2 aromatic rings. The van der Waals surface area contributed by atoms with Gasteiger partial charge in [-0.1, -0.05) is 49.0 Å². The maximum absolute atomic E-state index is 11.5. The number of methoxy groups -OCH3 is 1. The van der Waals surface area contributed by atoms with Crippen LogP contribution < -0.4 is 4.74 Å². The molecule has 0 aromatic heterocycles. The summed E-state index contributed by atoms with van der Waals surface area (Å²) >= 11 is 0. The highest BCUT2D eigenvalue weighted by atomic mass is 16.5. The van der Waals surface area contributed by atoms with Crippen molar-refractivity contribution in [2.24, 2.45) is 0 Å². The summed E-state index contributed by atoms with van der Waals surface area (Å²) < 4.78 is 10.6. The lowest BCUT2D eigenvalue weighted by molar-refractivity contribution is -0.138. The van der Waals surface area contributed by atoms with Crippen LogP contribution in [-0.2, 0) is 16.1 Å². The Morgan fingerprint density at radius 3 is 2.32 bits per heavy atom. The van der Waals surface area contributed by atoms with E-state index in [-0.39, 0.29) is 5.76 Å². The number of carbonyl (C=O) groups is 1. The molecule has 4 heteroatoms. The molecule has 0 aliphatic carbocycles. The van der Waals surface area contributed by atoms with Gasteiger partial charge in [0, 0.05) is 0 Å². The summed E-state index contributed by atoms with van der Waals surface area (Å²) in [6, 6.07) is 16.4. The van der Waals surface area contributed by atoms with Gasteiger partial charge in [-0.15, -0.1) is 0 Å². The van der Waals surface area contributed by atoms with Crippen molar-refractivity contribution in [2.75, 3.05) is 7.11 Å². The first kappa shape index (κ1) is 15.6. The number of ether oxygens (including phenoxy) is 2. The van der Waals surface area contributed by atoms with E-state index in [1.807, 2.05) is 30.3 Å². The second-order valence-corrected chi connectivity index (χ2v) is 4.78. The molecule has 2 aromatic carbocycles. The fourth-order valence-electron chi connectivity index (χ4n) is 2.10. The molecule has 114 valence electrons. The van der Waals surface area contributed by atoms with Gasteiger partial charge in [0.15, 0.2) is 0 Å². The second kappa shape index (κ2) is 7.31. The van der Waals surface area contributed by atoms with Crippen LogP contribution in [0.2, 0.25) is 0 Å². The zero-order valence-corrected chi connectivity index (χ0v) is 12.4. The van der Waals surface area contributed by atoms with Crippen LogP contribution in [0.1, 0.15) is 17.0 Å². The van der Waals surface area contributed by atoms with E-state index in [9.17, 15) is 9.90 Å². The Labute approximate surface area is 129 Å². The Hall–Kier alpha value is -2.75. The first-order chi connectivity index (χ1) is 10.6. The van der Waals surface area contributed by atoms with Gasteiger partial charge < -0.3 is 14.6 Å². The number of carboxylic acids is 1. The van der Waals surface area contributed by atoms with Crippen molar-refractivity contribution in [1.29, 1.82) is 0 Å². The van der Waals surface area contributed by atoms with Crippen LogP contribution in [0.25, 0.3) is 0 Å². The monoisotopic (exact) mass is 298 g/mol. The lowest BCUT2D eigenvalue weighted by Gasteiger charge is -2.17. The minimum absolute atomic E-state index is 0.210.